The van der Waals surface area contributed by atoms with Gasteiger partial charge in [0.15, 0.2) is 11.5 Å². The highest BCUT2D eigenvalue weighted by molar-refractivity contribution is 5.55. The van der Waals surface area contributed by atoms with Gasteiger partial charge in [0.25, 0.3) is 0 Å². The topological polar surface area (TPSA) is 38.7 Å². The number of aromatic hydroxyl groups is 1. The van der Waals surface area contributed by atoms with Gasteiger partial charge in [-0.05, 0) is 19.4 Å². The lowest BCUT2D eigenvalue weighted by atomic mass is 10.1. The number of rotatable bonds is 2. The number of benzene rings is 1. The maximum atomic E-state index is 9.52. The summed E-state index contributed by atoms with van der Waals surface area (Å²) in [5.41, 5.74) is 1.89. The molecule has 1 aromatic rings. The van der Waals surface area contributed by atoms with E-state index in [1.807, 2.05) is 13.8 Å². The van der Waals surface area contributed by atoms with E-state index in [0.717, 1.165) is 11.1 Å². The Morgan fingerprint density at radius 1 is 1.08 bits per heavy atom. The molecule has 1 rings (SSSR count). The fourth-order valence-electron chi connectivity index (χ4n) is 1.31. The highest BCUT2D eigenvalue weighted by Gasteiger charge is 2.12. The molecule has 0 amide bonds. The summed E-state index contributed by atoms with van der Waals surface area (Å²) in [6.45, 7) is 3.81. The van der Waals surface area contributed by atoms with Crippen molar-refractivity contribution >= 4 is 0 Å². The summed E-state index contributed by atoms with van der Waals surface area (Å²) in [5.74, 6) is 1.30. The molecule has 0 atom stereocenters. The van der Waals surface area contributed by atoms with Crippen molar-refractivity contribution in [2.24, 2.45) is 0 Å². The molecule has 0 saturated carbocycles. The fourth-order valence-corrected chi connectivity index (χ4v) is 1.31. The highest BCUT2D eigenvalue weighted by Crippen LogP contribution is 2.37. The largest absolute Gasteiger partial charge is 0.504 e. The van der Waals surface area contributed by atoms with Crippen LogP contribution in [0.2, 0.25) is 0 Å². The third-order valence-corrected chi connectivity index (χ3v) is 2.20. The molecule has 1 N–H and O–H groups in total. The molecule has 0 fully saturated rings. The zero-order chi connectivity index (χ0) is 10.0. The van der Waals surface area contributed by atoms with Crippen molar-refractivity contribution in [3.05, 3.63) is 17.2 Å². The van der Waals surface area contributed by atoms with Crippen LogP contribution in [0.5, 0.6) is 17.2 Å². The summed E-state index contributed by atoms with van der Waals surface area (Å²) in [5, 5.41) is 9.52. The minimum atomic E-state index is 0.113. The van der Waals surface area contributed by atoms with Crippen molar-refractivity contribution in [2.45, 2.75) is 13.8 Å². The molecule has 0 saturated heterocycles. The van der Waals surface area contributed by atoms with Crippen LogP contribution in [0, 0.1) is 13.8 Å². The van der Waals surface area contributed by atoms with Gasteiger partial charge in [-0.15, -0.1) is 0 Å². The van der Waals surface area contributed by atoms with Crippen molar-refractivity contribution in [3.8, 4) is 17.2 Å². The third kappa shape index (κ3) is 1.54. The number of phenolic OH excluding ortho intramolecular Hbond substituents is 1. The molecule has 13 heavy (non-hydrogen) atoms. The summed E-state index contributed by atoms with van der Waals surface area (Å²) in [6, 6.07) is 1.56. The monoisotopic (exact) mass is 182 g/mol. The van der Waals surface area contributed by atoms with Crippen molar-refractivity contribution in [3.63, 3.8) is 0 Å². The van der Waals surface area contributed by atoms with Crippen LogP contribution in [0.1, 0.15) is 11.1 Å². The van der Waals surface area contributed by atoms with Gasteiger partial charge in [-0.3, -0.25) is 0 Å². The molecular weight excluding hydrogens is 168 g/mol. The molecule has 0 heterocycles. The molecular formula is C10H14O3. The second-order valence-electron chi connectivity index (χ2n) is 2.88. The number of ether oxygens (including phenoxy) is 2. The summed E-state index contributed by atoms with van der Waals surface area (Å²) < 4.78 is 10.1. The molecule has 0 radical (unpaired) electrons. The van der Waals surface area contributed by atoms with Gasteiger partial charge in [0, 0.05) is 11.6 Å². The Morgan fingerprint density at radius 3 is 2.15 bits per heavy atom. The number of hydrogen-bond acceptors (Lipinski definition) is 3. The Morgan fingerprint density at radius 2 is 1.69 bits per heavy atom. The van der Waals surface area contributed by atoms with Gasteiger partial charge in [-0.25, -0.2) is 0 Å². The molecule has 0 bridgehead atoms. The molecule has 1 aromatic carbocycles. The van der Waals surface area contributed by atoms with E-state index in [9.17, 15) is 5.11 Å². The maximum absolute atomic E-state index is 9.52. The lowest BCUT2D eigenvalue weighted by Gasteiger charge is -2.13. The van der Waals surface area contributed by atoms with Crippen LogP contribution in [0.3, 0.4) is 0 Å². The van der Waals surface area contributed by atoms with Crippen molar-refractivity contribution in [2.75, 3.05) is 14.2 Å². The van der Waals surface area contributed by atoms with Crippen LogP contribution in [-0.4, -0.2) is 19.3 Å². The fraction of sp³-hybridized carbons (Fsp3) is 0.400. The quantitative estimate of drug-likeness (QED) is 0.760. The first-order valence-electron chi connectivity index (χ1n) is 4.03. The Hall–Kier alpha value is -1.38. The summed E-state index contributed by atoms with van der Waals surface area (Å²) >= 11 is 0. The van der Waals surface area contributed by atoms with E-state index in [1.165, 1.54) is 7.11 Å². The first-order valence-corrected chi connectivity index (χ1v) is 4.03. The number of hydrogen-bond donors (Lipinski definition) is 1. The Labute approximate surface area is 77.9 Å². The summed E-state index contributed by atoms with van der Waals surface area (Å²) in [6.07, 6.45) is 0. The SMILES string of the molecule is COc1cc(O)c(OC)c(C)c1C. The van der Waals surface area contributed by atoms with Crippen LogP contribution in [0.4, 0.5) is 0 Å². The second-order valence-corrected chi connectivity index (χ2v) is 2.88. The molecule has 0 aliphatic rings. The average molecular weight is 182 g/mol. The third-order valence-electron chi connectivity index (χ3n) is 2.20. The zero-order valence-corrected chi connectivity index (χ0v) is 8.34. The van der Waals surface area contributed by atoms with E-state index in [1.54, 1.807) is 13.2 Å². The van der Waals surface area contributed by atoms with Crippen LogP contribution < -0.4 is 9.47 Å². The number of methoxy groups -OCH3 is 2. The lowest BCUT2D eigenvalue weighted by molar-refractivity contribution is 0.362. The van der Waals surface area contributed by atoms with Gasteiger partial charge >= 0.3 is 0 Å². The van der Waals surface area contributed by atoms with E-state index in [0.29, 0.717) is 11.5 Å². The minimum Gasteiger partial charge on any atom is -0.504 e. The Balaban J connectivity index is 3.37. The van der Waals surface area contributed by atoms with Gasteiger partial charge in [0.1, 0.15) is 5.75 Å². The van der Waals surface area contributed by atoms with Crippen molar-refractivity contribution in [1.29, 1.82) is 0 Å². The van der Waals surface area contributed by atoms with Crippen molar-refractivity contribution in [1.82, 2.24) is 0 Å². The smallest absolute Gasteiger partial charge is 0.163 e. The molecule has 0 spiro atoms. The average Bonchev–Trinajstić information content (AvgIpc) is 2.12. The summed E-state index contributed by atoms with van der Waals surface area (Å²) in [4.78, 5) is 0. The Bertz CT molecular complexity index is 318. The minimum absolute atomic E-state index is 0.113. The normalized spacial score (nSPS) is 9.85. The van der Waals surface area contributed by atoms with Gasteiger partial charge in [0.05, 0.1) is 14.2 Å². The highest BCUT2D eigenvalue weighted by atomic mass is 16.5. The Kier molecular flexibility index (Phi) is 2.66. The lowest BCUT2D eigenvalue weighted by Crippen LogP contribution is -1.94. The first kappa shape index (κ1) is 9.71. The number of phenols is 1. The van der Waals surface area contributed by atoms with E-state index >= 15 is 0 Å². The zero-order valence-electron chi connectivity index (χ0n) is 8.34. The van der Waals surface area contributed by atoms with E-state index in [4.69, 9.17) is 9.47 Å². The predicted octanol–water partition coefficient (Wildman–Crippen LogP) is 2.03. The molecule has 72 valence electrons. The molecule has 3 nitrogen and oxygen atoms in total. The van der Waals surface area contributed by atoms with Gasteiger partial charge in [-0.2, -0.15) is 0 Å². The standard InChI is InChI=1S/C10H14O3/c1-6-7(2)10(13-4)8(11)5-9(6)12-3/h5,11H,1-4H3. The molecule has 3 heteroatoms. The molecule has 0 aliphatic heterocycles. The predicted molar refractivity (Wildman–Crippen MR) is 50.7 cm³/mol. The van der Waals surface area contributed by atoms with Crippen LogP contribution in [0.15, 0.2) is 6.07 Å². The van der Waals surface area contributed by atoms with E-state index in [2.05, 4.69) is 0 Å². The molecule has 0 aromatic heterocycles. The maximum Gasteiger partial charge on any atom is 0.163 e. The first-order chi connectivity index (χ1) is 6.11. The van der Waals surface area contributed by atoms with E-state index in [-0.39, 0.29) is 5.75 Å². The van der Waals surface area contributed by atoms with Gasteiger partial charge in [-0.1, -0.05) is 0 Å². The molecule has 0 aliphatic carbocycles. The van der Waals surface area contributed by atoms with Gasteiger partial charge < -0.3 is 14.6 Å². The van der Waals surface area contributed by atoms with Crippen LogP contribution in [-0.2, 0) is 0 Å². The molecule has 0 unspecified atom stereocenters. The van der Waals surface area contributed by atoms with Crippen LogP contribution >= 0.6 is 0 Å². The van der Waals surface area contributed by atoms with Gasteiger partial charge in [0.2, 0.25) is 0 Å². The van der Waals surface area contributed by atoms with Crippen LogP contribution in [0.25, 0.3) is 0 Å². The summed E-state index contributed by atoms with van der Waals surface area (Å²) in [7, 11) is 3.11. The second kappa shape index (κ2) is 3.56. The van der Waals surface area contributed by atoms with Crippen molar-refractivity contribution < 1.29 is 14.6 Å². The van der Waals surface area contributed by atoms with E-state index < -0.39 is 0 Å².